The minimum absolute atomic E-state index is 0.188. The van der Waals surface area contributed by atoms with Crippen molar-refractivity contribution in [2.45, 2.75) is 25.7 Å². The van der Waals surface area contributed by atoms with Gasteiger partial charge in [-0.15, -0.1) is 0 Å². The van der Waals surface area contributed by atoms with Crippen LogP contribution in [0.2, 0.25) is 0 Å². The molecule has 0 bridgehead atoms. The number of nitrogens with zero attached hydrogens (tertiary/aromatic N) is 1. The van der Waals surface area contributed by atoms with Gasteiger partial charge < -0.3 is 15.3 Å². The maximum Gasteiger partial charge on any atom is 0.227 e. The standard InChI is InChI=1S/C14H20N2O2/c1-15-12-5-6-13-11(10-12)4-7-14(18)16(13)8-2-3-9-17/h5-6,10,15,17H,2-4,7-9H2,1H3. The molecule has 1 aromatic carbocycles. The van der Waals surface area contributed by atoms with E-state index in [2.05, 4.69) is 11.4 Å². The van der Waals surface area contributed by atoms with Gasteiger partial charge >= 0.3 is 0 Å². The quantitative estimate of drug-likeness (QED) is 0.781. The summed E-state index contributed by atoms with van der Waals surface area (Å²) in [6, 6.07) is 6.12. The summed E-state index contributed by atoms with van der Waals surface area (Å²) in [5.74, 6) is 0.192. The van der Waals surface area contributed by atoms with Crippen molar-refractivity contribution < 1.29 is 9.90 Å². The molecule has 1 aliphatic heterocycles. The van der Waals surface area contributed by atoms with E-state index in [0.29, 0.717) is 13.0 Å². The predicted octanol–water partition coefficient (Wildman–Crippen LogP) is 1.78. The molecule has 18 heavy (non-hydrogen) atoms. The van der Waals surface area contributed by atoms with Crippen molar-refractivity contribution in [1.82, 2.24) is 0 Å². The fourth-order valence-corrected chi connectivity index (χ4v) is 2.34. The van der Waals surface area contributed by atoms with Crippen LogP contribution >= 0.6 is 0 Å². The first-order chi connectivity index (χ1) is 8.76. The number of unbranched alkanes of at least 4 members (excludes halogenated alkanes) is 1. The third-order valence-corrected chi connectivity index (χ3v) is 3.36. The lowest BCUT2D eigenvalue weighted by molar-refractivity contribution is -0.118. The maximum atomic E-state index is 12.0. The SMILES string of the molecule is CNc1ccc2c(c1)CCC(=O)N2CCCCO. The molecular formula is C14H20N2O2. The third-order valence-electron chi connectivity index (χ3n) is 3.36. The number of aliphatic hydroxyl groups excluding tert-OH is 1. The van der Waals surface area contributed by atoms with E-state index in [4.69, 9.17) is 5.11 Å². The zero-order chi connectivity index (χ0) is 13.0. The summed E-state index contributed by atoms with van der Waals surface area (Å²) in [5.41, 5.74) is 3.34. The molecule has 1 amide bonds. The highest BCUT2D eigenvalue weighted by Gasteiger charge is 2.23. The number of benzene rings is 1. The number of aryl methyl sites for hydroxylation is 1. The largest absolute Gasteiger partial charge is 0.396 e. The van der Waals surface area contributed by atoms with Gasteiger partial charge in [-0.2, -0.15) is 0 Å². The van der Waals surface area contributed by atoms with Crippen LogP contribution in [0.5, 0.6) is 0 Å². The molecule has 0 fully saturated rings. The van der Waals surface area contributed by atoms with E-state index >= 15 is 0 Å². The molecule has 2 rings (SSSR count). The van der Waals surface area contributed by atoms with Crippen molar-refractivity contribution in [3.63, 3.8) is 0 Å². The molecule has 0 unspecified atom stereocenters. The number of hydrogen-bond acceptors (Lipinski definition) is 3. The number of anilines is 2. The van der Waals surface area contributed by atoms with Crippen molar-refractivity contribution in [3.8, 4) is 0 Å². The molecule has 1 aromatic rings. The highest BCUT2D eigenvalue weighted by Crippen LogP contribution is 2.30. The summed E-state index contributed by atoms with van der Waals surface area (Å²) in [6.45, 7) is 0.888. The van der Waals surface area contributed by atoms with Crippen LogP contribution in [-0.4, -0.2) is 31.2 Å². The van der Waals surface area contributed by atoms with Crippen LogP contribution in [0, 0.1) is 0 Å². The maximum absolute atomic E-state index is 12.0. The van der Waals surface area contributed by atoms with E-state index in [0.717, 1.165) is 30.6 Å². The van der Waals surface area contributed by atoms with Gasteiger partial charge in [0.2, 0.25) is 5.91 Å². The van der Waals surface area contributed by atoms with E-state index in [9.17, 15) is 4.79 Å². The molecule has 0 atom stereocenters. The topological polar surface area (TPSA) is 52.6 Å². The van der Waals surface area contributed by atoms with Gasteiger partial charge in [-0.25, -0.2) is 0 Å². The van der Waals surface area contributed by atoms with Gasteiger partial charge in [0, 0.05) is 38.0 Å². The molecule has 4 heteroatoms. The molecule has 0 aromatic heterocycles. The van der Waals surface area contributed by atoms with Crippen molar-refractivity contribution in [2.24, 2.45) is 0 Å². The monoisotopic (exact) mass is 248 g/mol. The first-order valence-electron chi connectivity index (χ1n) is 6.48. The molecule has 0 spiro atoms. The molecule has 4 nitrogen and oxygen atoms in total. The van der Waals surface area contributed by atoms with E-state index in [-0.39, 0.29) is 12.5 Å². The number of hydrogen-bond donors (Lipinski definition) is 2. The molecule has 0 saturated heterocycles. The highest BCUT2D eigenvalue weighted by molar-refractivity contribution is 5.96. The number of aliphatic hydroxyl groups is 1. The third kappa shape index (κ3) is 2.64. The van der Waals surface area contributed by atoms with Gasteiger partial charge in [-0.3, -0.25) is 4.79 Å². The number of rotatable bonds is 5. The molecule has 0 aliphatic carbocycles. The smallest absolute Gasteiger partial charge is 0.227 e. The second kappa shape index (κ2) is 5.87. The highest BCUT2D eigenvalue weighted by atomic mass is 16.3. The Kier molecular flexibility index (Phi) is 4.20. The lowest BCUT2D eigenvalue weighted by Gasteiger charge is -2.29. The molecule has 1 heterocycles. The van der Waals surface area contributed by atoms with Crippen molar-refractivity contribution in [2.75, 3.05) is 30.4 Å². The van der Waals surface area contributed by atoms with Crippen LogP contribution < -0.4 is 10.2 Å². The van der Waals surface area contributed by atoms with Gasteiger partial charge in [0.1, 0.15) is 0 Å². The van der Waals surface area contributed by atoms with Crippen LogP contribution in [0.4, 0.5) is 11.4 Å². The predicted molar refractivity (Wildman–Crippen MR) is 73.0 cm³/mol. The van der Waals surface area contributed by atoms with E-state index in [1.54, 1.807) is 0 Å². The minimum atomic E-state index is 0.188. The second-order valence-corrected chi connectivity index (χ2v) is 4.57. The molecule has 0 radical (unpaired) electrons. The van der Waals surface area contributed by atoms with Crippen molar-refractivity contribution in [1.29, 1.82) is 0 Å². The summed E-state index contributed by atoms with van der Waals surface area (Å²) in [5, 5.41) is 11.9. The Morgan fingerprint density at radius 1 is 1.33 bits per heavy atom. The number of carbonyl (C=O) groups is 1. The fraction of sp³-hybridized carbons (Fsp3) is 0.500. The van der Waals surface area contributed by atoms with Crippen molar-refractivity contribution in [3.05, 3.63) is 23.8 Å². The lowest BCUT2D eigenvalue weighted by Crippen LogP contribution is -2.36. The van der Waals surface area contributed by atoms with Gasteiger partial charge in [-0.05, 0) is 43.0 Å². The molecular weight excluding hydrogens is 228 g/mol. The van der Waals surface area contributed by atoms with Gasteiger partial charge in [-0.1, -0.05) is 0 Å². The lowest BCUT2D eigenvalue weighted by atomic mass is 10.00. The summed E-state index contributed by atoms with van der Waals surface area (Å²) in [7, 11) is 1.90. The summed E-state index contributed by atoms with van der Waals surface area (Å²) in [4.78, 5) is 13.8. The first kappa shape index (κ1) is 12.9. The first-order valence-corrected chi connectivity index (χ1v) is 6.48. The Balaban J connectivity index is 2.18. The molecule has 1 aliphatic rings. The average molecular weight is 248 g/mol. The van der Waals surface area contributed by atoms with Crippen LogP contribution in [0.3, 0.4) is 0 Å². The fourth-order valence-electron chi connectivity index (χ4n) is 2.34. The van der Waals surface area contributed by atoms with Crippen molar-refractivity contribution >= 4 is 17.3 Å². The normalized spacial score (nSPS) is 14.6. The molecule has 0 saturated carbocycles. The Bertz CT molecular complexity index is 432. The van der Waals surface area contributed by atoms with E-state index in [1.807, 2.05) is 24.1 Å². The average Bonchev–Trinajstić information content (AvgIpc) is 2.41. The van der Waals surface area contributed by atoms with Gasteiger partial charge in [0.25, 0.3) is 0 Å². The Hall–Kier alpha value is -1.55. The summed E-state index contributed by atoms with van der Waals surface area (Å²) >= 11 is 0. The second-order valence-electron chi connectivity index (χ2n) is 4.57. The summed E-state index contributed by atoms with van der Waals surface area (Å²) < 4.78 is 0. The minimum Gasteiger partial charge on any atom is -0.396 e. The number of nitrogens with one attached hydrogen (secondary N) is 1. The molecule has 98 valence electrons. The van der Waals surface area contributed by atoms with Crippen LogP contribution in [-0.2, 0) is 11.2 Å². The zero-order valence-electron chi connectivity index (χ0n) is 10.8. The summed E-state index contributed by atoms with van der Waals surface area (Å²) in [6.07, 6.45) is 2.99. The number of fused-ring (bicyclic) bond motifs is 1. The van der Waals surface area contributed by atoms with E-state index < -0.39 is 0 Å². The van der Waals surface area contributed by atoms with Crippen LogP contribution in [0.25, 0.3) is 0 Å². The van der Waals surface area contributed by atoms with Crippen LogP contribution in [0.1, 0.15) is 24.8 Å². The number of carbonyl (C=O) groups excluding carboxylic acids is 1. The number of amides is 1. The Labute approximate surface area is 108 Å². The van der Waals surface area contributed by atoms with Gasteiger partial charge in [0.05, 0.1) is 0 Å². The molecule has 2 N–H and O–H groups in total. The Morgan fingerprint density at radius 3 is 2.89 bits per heavy atom. The van der Waals surface area contributed by atoms with Gasteiger partial charge in [0.15, 0.2) is 0 Å². The van der Waals surface area contributed by atoms with Crippen LogP contribution in [0.15, 0.2) is 18.2 Å². The van der Waals surface area contributed by atoms with E-state index in [1.165, 1.54) is 5.56 Å². The zero-order valence-corrected chi connectivity index (χ0v) is 10.8. The Morgan fingerprint density at radius 2 is 2.17 bits per heavy atom.